The molecule has 1 saturated heterocycles. The Morgan fingerprint density at radius 2 is 1.95 bits per heavy atom. The fourth-order valence-corrected chi connectivity index (χ4v) is 5.85. The van der Waals surface area contributed by atoms with Crippen molar-refractivity contribution in [3.05, 3.63) is 0 Å². The monoisotopic (exact) mass is 289 g/mol. The Balaban J connectivity index is 2.17. The molecule has 19 heavy (non-hydrogen) atoms. The number of rotatable bonds is 4. The molecule has 0 spiro atoms. The molecule has 2 fully saturated rings. The maximum absolute atomic E-state index is 12.3. The van der Waals surface area contributed by atoms with Crippen molar-refractivity contribution in [2.45, 2.75) is 52.5 Å². The van der Waals surface area contributed by atoms with Crippen molar-refractivity contribution in [2.75, 3.05) is 12.3 Å². The molecule has 0 radical (unpaired) electrons. The van der Waals surface area contributed by atoms with Gasteiger partial charge in [-0.05, 0) is 30.1 Å². The number of hydrogen-bond acceptors (Lipinski definition) is 3. The molecular weight excluding hydrogens is 266 g/mol. The third kappa shape index (κ3) is 3.11. The van der Waals surface area contributed by atoms with Gasteiger partial charge in [0.15, 0.2) is 0 Å². The Labute approximate surface area is 115 Å². The fraction of sp³-hybridized carbons (Fsp3) is 0.923. The number of hydrogen-bond donors (Lipinski definition) is 1. The first-order chi connectivity index (χ1) is 8.53. The lowest BCUT2D eigenvalue weighted by Crippen LogP contribution is -2.39. The lowest BCUT2D eigenvalue weighted by atomic mass is 9.65. The molecule has 2 bridgehead atoms. The van der Waals surface area contributed by atoms with Crippen LogP contribution in [0.15, 0.2) is 0 Å². The van der Waals surface area contributed by atoms with E-state index < -0.39 is 16.0 Å². The number of fused-ring (bicyclic) bond motifs is 2. The quantitative estimate of drug-likeness (QED) is 0.854. The van der Waals surface area contributed by atoms with Crippen molar-refractivity contribution in [1.29, 1.82) is 0 Å². The molecule has 0 aromatic rings. The Kier molecular flexibility index (Phi) is 3.46. The van der Waals surface area contributed by atoms with Crippen molar-refractivity contribution >= 4 is 16.0 Å². The Morgan fingerprint density at radius 3 is 2.53 bits per heavy atom. The predicted molar refractivity (Wildman–Crippen MR) is 72.3 cm³/mol. The first kappa shape index (κ1) is 14.8. The van der Waals surface area contributed by atoms with Crippen molar-refractivity contribution in [3.8, 4) is 0 Å². The van der Waals surface area contributed by atoms with E-state index in [0.717, 1.165) is 19.3 Å². The molecule has 1 heterocycles. The van der Waals surface area contributed by atoms with E-state index in [1.54, 1.807) is 4.31 Å². The van der Waals surface area contributed by atoms with Crippen LogP contribution >= 0.6 is 0 Å². The third-order valence-electron chi connectivity index (χ3n) is 4.30. The Bertz CT molecular complexity index is 485. The first-order valence-corrected chi connectivity index (χ1v) is 8.35. The van der Waals surface area contributed by atoms with Crippen LogP contribution in [-0.2, 0) is 14.8 Å². The van der Waals surface area contributed by atoms with Gasteiger partial charge in [-0.15, -0.1) is 0 Å². The first-order valence-electron chi connectivity index (χ1n) is 6.74. The van der Waals surface area contributed by atoms with Gasteiger partial charge >= 0.3 is 5.97 Å². The molecule has 1 N–H and O–H groups in total. The highest BCUT2D eigenvalue weighted by atomic mass is 32.2. The van der Waals surface area contributed by atoms with Crippen LogP contribution in [-0.4, -0.2) is 42.1 Å². The third-order valence-corrected chi connectivity index (χ3v) is 6.16. The van der Waals surface area contributed by atoms with Crippen LogP contribution in [0.25, 0.3) is 0 Å². The smallest absolute Gasteiger partial charge is 0.304 e. The van der Waals surface area contributed by atoms with Gasteiger partial charge in [0.05, 0.1) is 12.2 Å². The summed E-state index contributed by atoms with van der Waals surface area (Å²) in [6, 6.07) is 0.0487. The van der Waals surface area contributed by atoms with Crippen molar-refractivity contribution in [2.24, 2.45) is 10.8 Å². The molecule has 2 unspecified atom stereocenters. The summed E-state index contributed by atoms with van der Waals surface area (Å²) in [5, 5.41) is 8.66. The molecule has 110 valence electrons. The zero-order valence-electron chi connectivity index (χ0n) is 11.8. The van der Waals surface area contributed by atoms with E-state index in [4.69, 9.17) is 5.11 Å². The van der Waals surface area contributed by atoms with Crippen LogP contribution in [0.3, 0.4) is 0 Å². The molecular formula is C13H23NO4S. The van der Waals surface area contributed by atoms with E-state index in [2.05, 4.69) is 20.8 Å². The maximum Gasteiger partial charge on any atom is 0.304 e. The van der Waals surface area contributed by atoms with Crippen LogP contribution in [0.2, 0.25) is 0 Å². The predicted octanol–water partition coefficient (Wildman–Crippen LogP) is 1.69. The van der Waals surface area contributed by atoms with E-state index in [1.165, 1.54) is 0 Å². The zero-order chi connectivity index (χ0) is 14.5. The zero-order valence-corrected chi connectivity index (χ0v) is 12.7. The molecule has 6 heteroatoms. The van der Waals surface area contributed by atoms with Crippen molar-refractivity contribution in [3.63, 3.8) is 0 Å². The summed E-state index contributed by atoms with van der Waals surface area (Å²) in [6.45, 7) is 7.06. The summed E-state index contributed by atoms with van der Waals surface area (Å²) < 4.78 is 26.2. The molecule has 0 aromatic heterocycles. The van der Waals surface area contributed by atoms with Gasteiger partial charge in [0.1, 0.15) is 0 Å². The van der Waals surface area contributed by atoms with Gasteiger partial charge < -0.3 is 5.11 Å². The van der Waals surface area contributed by atoms with Gasteiger partial charge in [-0.3, -0.25) is 4.79 Å². The second-order valence-corrected chi connectivity index (χ2v) is 9.26. The largest absolute Gasteiger partial charge is 0.481 e. The molecule has 0 aromatic carbocycles. The standard InChI is InChI=1S/C13H23NO4S/c1-12(2)6-10-7-13(3,8-12)9-14(10)19(17,18)5-4-11(15)16/h10H,4-9H2,1-3H3,(H,15,16). The minimum absolute atomic E-state index is 0.0444. The van der Waals surface area contributed by atoms with Crippen molar-refractivity contribution < 1.29 is 18.3 Å². The van der Waals surface area contributed by atoms with E-state index in [1.807, 2.05) is 0 Å². The molecule has 2 atom stereocenters. The van der Waals surface area contributed by atoms with E-state index in [0.29, 0.717) is 6.54 Å². The number of aliphatic carboxylic acids is 1. The Morgan fingerprint density at radius 1 is 1.32 bits per heavy atom. The van der Waals surface area contributed by atoms with E-state index >= 15 is 0 Å². The van der Waals surface area contributed by atoms with Gasteiger partial charge in [0, 0.05) is 12.6 Å². The highest BCUT2D eigenvalue weighted by Crippen LogP contribution is 2.53. The topological polar surface area (TPSA) is 74.7 Å². The molecule has 5 nitrogen and oxygen atoms in total. The molecule has 1 aliphatic carbocycles. The minimum atomic E-state index is -3.45. The van der Waals surface area contributed by atoms with Crippen molar-refractivity contribution in [1.82, 2.24) is 4.31 Å². The maximum atomic E-state index is 12.3. The van der Waals surface area contributed by atoms with Gasteiger partial charge in [-0.25, -0.2) is 8.42 Å². The molecule has 1 saturated carbocycles. The number of carbonyl (C=O) groups is 1. The van der Waals surface area contributed by atoms with Crippen LogP contribution < -0.4 is 0 Å². The van der Waals surface area contributed by atoms with Gasteiger partial charge in [0.25, 0.3) is 0 Å². The van der Waals surface area contributed by atoms with E-state index in [-0.39, 0.29) is 29.0 Å². The van der Waals surface area contributed by atoms with Gasteiger partial charge in [-0.2, -0.15) is 4.31 Å². The summed E-state index contributed by atoms with van der Waals surface area (Å²) in [4.78, 5) is 10.6. The summed E-state index contributed by atoms with van der Waals surface area (Å²) in [7, 11) is -3.45. The molecule has 2 rings (SSSR count). The second kappa shape index (κ2) is 4.45. The average molecular weight is 289 g/mol. The normalized spacial score (nSPS) is 34.4. The van der Waals surface area contributed by atoms with Crippen LogP contribution in [0.5, 0.6) is 0 Å². The van der Waals surface area contributed by atoms with Crippen LogP contribution in [0.1, 0.15) is 46.5 Å². The fourth-order valence-electron chi connectivity index (χ4n) is 4.07. The average Bonchev–Trinajstić information content (AvgIpc) is 2.45. The lowest BCUT2D eigenvalue weighted by molar-refractivity contribution is -0.136. The van der Waals surface area contributed by atoms with Crippen LogP contribution in [0.4, 0.5) is 0 Å². The summed E-state index contributed by atoms with van der Waals surface area (Å²) in [5.74, 6) is -1.34. The van der Waals surface area contributed by atoms with E-state index in [9.17, 15) is 13.2 Å². The summed E-state index contributed by atoms with van der Waals surface area (Å²) in [6.07, 6.45) is 2.49. The number of nitrogens with zero attached hydrogens (tertiary/aromatic N) is 1. The summed E-state index contributed by atoms with van der Waals surface area (Å²) in [5.41, 5.74) is 0.206. The van der Waals surface area contributed by atoms with Gasteiger partial charge in [0.2, 0.25) is 10.0 Å². The summed E-state index contributed by atoms with van der Waals surface area (Å²) >= 11 is 0. The van der Waals surface area contributed by atoms with Crippen LogP contribution in [0, 0.1) is 10.8 Å². The number of sulfonamides is 1. The molecule has 2 aliphatic rings. The number of carboxylic acids is 1. The number of carboxylic acid groups (broad SMARTS) is 1. The highest BCUT2D eigenvalue weighted by molar-refractivity contribution is 7.89. The lowest BCUT2D eigenvalue weighted by Gasteiger charge is -2.39. The Hall–Kier alpha value is -0.620. The SMILES string of the molecule is CC1(C)CC2CC(C)(CN2S(=O)(=O)CCC(=O)O)C1. The van der Waals surface area contributed by atoms with Gasteiger partial charge in [-0.1, -0.05) is 20.8 Å². The second-order valence-electron chi connectivity index (χ2n) is 7.22. The highest BCUT2D eigenvalue weighted by Gasteiger charge is 2.52. The molecule has 1 aliphatic heterocycles. The molecule has 0 amide bonds. The minimum Gasteiger partial charge on any atom is -0.481 e.